The number of aromatic nitrogens is 5. The number of pyridine rings is 1. The van der Waals surface area contributed by atoms with E-state index in [2.05, 4.69) is 20.5 Å². The van der Waals surface area contributed by atoms with E-state index < -0.39 is 11.7 Å². The number of ether oxygens (including phenoxy) is 2. The van der Waals surface area contributed by atoms with Gasteiger partial charge in [0.1, 0.15) is 23.9 Å². The summed E-state index contributed by atoms with van der Waals surface area (Å²) in [6, 6.07) is 13.2. The summed E-state index contributed by atoms with van der Waals surface area (Å²) in [6.45, 7) is 10.00. The molecule has 39 heavy (non-hydrogen) atoms. The van der Waals surface area contributed by atoms with Crippen LogP contribution in [0.1, 0.15) is 51.5 Å². The molecule has 0 bridgehead atoms. The van der Waals surface area contributed by atoms with Crippen molar-refractivity contribution in [1.29, 1.82) is 0 Å². The predicted molar refractivity (Wildman–Crippen MR) is 146 cm³/mol. The monoisotopic (exact) mass is 531 g/mol. The molecule has 11 nitrogen and oxygen atoms in total. The lowest BCUT2D eigenvalue weighted by molar-refractivity contribution is 0.0274. The fourth-order valence-corrected chi connectivity index (χ4v) is 4.35. The average molecular weight is 532 g/mol. The van der Waals surface area contributed by atoms with Gasteiger partial charge >= 0.3 is 6.09 Å². The number of anilines is 2. The maximum atomic E-state index is 12.5. The summed E-state index contributed by atoms with van der Waals surface area (Å²) in [4.78, 5) is 23.4. The number of amides is 1. The quantitative estimate of drug-likeness (QED) is 0.364. The minimum absolute atomic E-state index is 0.268. The lowest BCUT2D eigenvalue weighted by atomic mass is 10.1. The van der Waals surface area contributed by atoms with Crippen molar-refractivity contribution in [2.45, 2.75) is 58.8 Å². The highest BCUT2D eigenvalue weighted by Crippen LogP contribution is 2.29. The minimum atomic E-state index is -0.775. The second-order valence-electron chi connectivity index (χ2n) is 10.7. The number of hydrogen-bond donors (Lipinski definition) is 2. The van der Waals surface area contributed by atoms with Gasteiger partial charge in [0.2, 0.25) is 5.88 Å². The summed E-state index contributed by atoms with van der Waals surface area (Å²) in [7, 11) is 0. The van der Waals surface area contributed by atoms with Gasteiger partial charge in [-0.3, -0.25) is 4.57 Å². The highest BCUT2D eigenvalue weighted by molar-refractivity contribution is 5.82. The number of hydrogen-bond acceptors (Lipinski definition) is 9. The molecule has 1 amide bonds. The molecule has 1 aliphatic heterocycles. The third-order valence-electron chi connectivity index (χ3n) is 6.26. The Morgan fingerprint density at radius 1 is 1.15 bits per heavy atom. The van der Waals surface area contributed by atoms with Gasteiger partial charge in [0.25, 0.3) is 0 Å². The molecule has 4 heterocycles. The molecule has 204 valence electrons. The van der Waals surface area contributed by atoms with Crippen LogP contribution < -0.4 is 10.1 Å². The van der Waals surface area contributed by atoms with Gasteiger partial charge in [-0.2, -0.15) is 10.1 Å². The summed E-state index contributed by atoms with van der Waals surface area (Å²) < 4.78 is 13.6. The molecule has 1 aliphatic rings. The first-order valence-electron chi connectivity index (χ1n) is 12.9. The Morgan fingerprint density at radius 3 is 2.69 bits per heavy atom. The number of aliphatic hydroxyl groups excluding tert-OH is 1. The van der Waals surface area contributed by atoms with Crippen LogP contribution in [-0.2, 0) is 4.74 Å². The van der Waals surface area contributed by atoms with Crippen molar-refractivity contribution in [3.8, 4) is 11.7 Å². The Hall–Kier alpha value is -4.25. The number of aryl methyl sites for hydroxylation is 1. The van der Waals surface area contributed by atoms with Crippen molar-refractivity contribution in [1.82, 2.24) is 29.6 Å². The maximum Gasteiger partial charge on any atom is 0.410 e. The highest BCUT2D eigenvalue weighted by atomic mass is 16.6. The molecule has 4 aromatic rings. The van der Waals surface area contributed by atoms with E-state index in [4.69, 9.17) is 14.5 Å². The average Bonchev–Trinajstić information content (AvgIpc) is 3.51. The van der Waals surface area contributed by atoms with Crippen LogP contribution in [0.3, 0.4) is 0 Å². The van der Waals surface area contributed by atoms with E-state index in [9.17, 15) is 9.90 Å². The van der Waals surface area contributed by atoms with Crippen LogP contribution in [0.5, 0.6) is 5.88 Å². The summed E-state index contributed by atoms with van der Waals surface area (Å²) >= 11 is 0. The number of rotatable bonds is 6. The van der Waals surface area contributed by atoms with Crippen molar-refractivity contribution in [3.05, 3.63) is 60.0 Å². The van der Waals surface area contributed by atoms with E-state index in [-0.39, 0.29) is 12.2 Å². The second-order valence-corrected chi connectivity index (χ2v) is 10.7. The number of nitrogens with zero attached hydrogens (tertiary/aromatic N) is 6. The smallest absolute Gasteiger partial charge is 0.410 e. The topological polar surface area (TPSA) is 128 Å². The fourth-order valence-electron chi connectivity index (χ4n) is 4.35. The number of carbonyl (C=O) groups excluding carboxylic acids is 1. The van der Waals surface area contributed by atoms with Gasteiger partial charge in [0.15, 0.2) is 5.82 Å². The molecule has 5 rings (SSSR count). The molecule has 0 aliphatic carbocycles. The number of fused-ring (bicyclic) bond motifs is 1. The van der Waals surface area contributed by atoms with Crippen LogP contribution in [0.15, 0.2) is 48.8 Å². The van der Waals surface area contributed by atoms with E-state index in [0.29, 0.717) is 42.6 Å². The van der Waals surface area contributed by atoms with Crippen LogP contribution in [0.2, 0.25) is 0 Å². The highest BCUT2D eigenvalue weighted by Gasteiger charge is 2.32. The van der Waals surface area contributed by atoms with Gasteiger partial charge in [0.05, 0.1) is 29.4 Å². The number of aliphatic hydroxyl groups is 1. The number of benzene rings is 1. The predicted octanol–water partition coefficient (Wildman–Crippen LogP) is 4.70. The van der Waals surface area contributed by atoms with Crippen molar-refractivity contribution in [2.24, 2.45) is 0 Å². The summed E-state index contributed by atoms with van der Waals surface area (Å²) in [5.74, 6) is 1.58. The Kier molecular flexibility index (Phi) is 7.09. The van der Waals surface area contributed by atoms with E-state index >= 15 is 0 Å². The van der Waals surface area contributed by atoms with Gasteiger partial charge < -0.3 is 24.8 Å². The molecule has 1 saturated heterocycles. The first-order valence-corrected chi connectivity index (χ1v) is 12.9. The second kappa shape index (κ2) is 10.5. The summed E-state index contributed by atoms with van der Waals surface area (Å²) in [5, 5.41) is 21.8. The van der Waals surface area contributed by atoms with Crippen molar-refractivity contribution in [2.75, 3.05) is 18.4 Å². The van der Waals surface area contributed by atoms with Crippen molar-refractivity contribution in [3.63, 3.8) is 0 Å². The molecule has 2 N–H and O–H groups in total. The molecule has 11 heteroatoms. The maximum absolute atomic E-state index is 12.5. The Labute approximate surface area is 226 Å². The summed E-state index contributed by atoms with van der Waals surface area (Å²) in [5.41, 5.74) is 3.32. The Morgan fingerprint density at radius 2 is 1.97 bits per heavy atom. The van der Waals surface area contributed by atoms with Crippen LogP contribution >= 0.6 is 0 Å². The van der Waals surface area contributed by atoms with E-state index in [1.54, 1.807) is 24.2 Å². The number of carbonyl (C=O) groups is 1. The van der Waals surface area contributed by atoms with E-state index in [1.807, 2.05) is 68.7 Å². The first kappa shape index (κ1) is 26.4. The van der Waals surface area contributed by atoms with Crippen molar-refractivity contribution < 1.29 is 19.4 Å². The van der Waals surface area contributed by atoms with E-state index in [0.717, 1.165) is 22.4 Å². The molecule has 0 radical (unpaired) electrons. The molecule has 1 aromatic carbocycles. The molecule has 1 fully saturated rings. The molecule has 2 atom stereocenters. The standard InChI is InChI=1S/C28H33N7O4/c1-17-6-10-24(33-32-17)30-19-7-9-23-22(14-19)29-16-35(23)25-11-8-21(18(2)36)26(31-25)38-20-12-13-34(15-20)27(37)39-28(3,4)5/h6-11,14,16,18,20,36H,12-13,15H2,1-5H3,(H,30,33). The zero-order valence-corrected chi connectivity index (χ0v) is 22.8. The van der Waals surface area contributed by atoms with Gasteiger partial charge in [-0.15, -0.1) is 5.10 Å². The molecule has 3 aromatic heterocycles. The van der Waals surface area contributed by atoms with E-state index in [1.165, 1.54) is 0 Å². The van der Waals surface area contributed by atoms with Crippen LogP contribution in [-0.4, -0.2) is 65.6 Å². The van der Waals surface area contributed by atoms with Gasteiger partial charge in [-0.05, 0) is 77.1 Å². The van der Waals surface area contributed by atoms with Gasteiger partial charge in [-0.25, -0.2) is 9.78 Å². The van der Waals surface area contributed by atoms with Gasteiger partial charge in [0, 0.05) is 24.2 Å². The number of imidazole rings is 1. The SMILES string of the molecule is Cc1ccc(Nc2ccc3c(c2)ncn3-c2ccc(C(C)O)c(OC3CCN(C(=O)OC(C)(C)C)C3)n2)nn1. The third kappa shape index (κ3) is 6.09. The fraction of sp³-hybridized carbons (Fsp3) is 0.393. The summed E-state index contributed by atoms with van der Waals surface area (Å²) in [6.07, 6.45) is 0.936. The molecular formula is C28H33N7O4. The zero-order chi connectivity index (χ0) is 27.7. The molecule has 0 saturated carbocycles. The molecule has 2 unspecified atom stereocenters. The Bertz CT molecular complexity index is 1480. The Balaban J connectivity index is 1.36. The minimum Gasteiger partial charge on any atom is -0.472 e. The van der Waals surface area contributed by atoms with Crippen LogP contribution in [0.25, 0.3) is 16.9 Å². The largest absolute Gasteiger partial charge is 0.472 e. The van der Waals surface area contributed by atoms with Gasteiger partial charge in [-0.1, -0.05) is 0 Å². The van der Waals surface area contributed by atoms with Crippen LogP contribution in [0.4, 0.5) is 16.3 Å². The third-order valence-corrected chi connectivity index (χ3v) is 6.26. The molecule has 0 spiro atoms. The molecular weight excluding hydrogens is 498 g/mol. The lowest BCUT2D eigenvalue weighted by Crippen LogP contribution is -2.36. The van der Waals surface area contributed by atoms with Crippen LogP contribution in [0, 0.1) is 6.92 Å². The van der Waals surface area contributed by atoms with Crippen molar-refractivity contribution >= 4 is 28.6 Å². The zero-order valence-electron chi connectivity index (χ0n) is 22.8. The normalized spacial score (nSPS) is 16.4. The lowest BCUT2D eigenvalue weighted by Gasteiger charge is -2.24. The number of nitrogens with one attached hydrogen (secondary N) is 1. The first-order chi connectivity index (χ1) is 18.6. The number of likely N-dealkylation sites (tertiary alicyclic amines) is 1.